The van der Waals surface area contributed by atoms with E-state index in [-0.39, 0.29) is 25.5 Å². The van der Waals surface area contributed by atoms with Gasteiger partial charge < -0.3 is 5.11 Å². The Balaban J connectivity index is 0.000000810. The van der Waals surface area contributed by atoms with Gasteiger partial charge in [0, 0.05) is 0 Å². The predicted molar refractivity (Wildman–Crippen MR) is 35.0 cm³/mol. The Kier molecular flexibility index (Phi) is 5.43. The zero-order chi connectivity index (χ0) is 6.53. The third-order valence-electron chi connectivity index (χ3n) is 1.23. The fraction of sp³-hybridized carbons (Fsp3) is 0.250. The van der Waals surface area contributed by atoms with Gasteiger partial charge in [0.2, 0.25) is 0 Å². The van der Waals surface area contributed by atoms with E-state index in [1.807, 2.05) is 30.3 Å². The number of benzene rings is 1. The molecule has 0 amide bonds. The van der Waals surface area contributed by atoms with E-state index in [0.29, 0.717) is 6.42 Å². The fourth-order valence-electron chi connectivity index (χ4n) is 0.763. The first-order valence-electron chi connectivity index (χ1n) is 3.05. The summed E-state index contributed by atoms with van der Waals surface area (Å²) in [5, 5.41) is 10.1. The molecule has 0 saturated heterocycles. The van der Waals surface area contributed by atoms with E-state index < -0.39 is 0 Å². The van der Waals surface area contributed by atoms with Crippen molar-refractivity contribution < 1.29 is 24.0 Å². The molecule has 0 aliphatic rings. The molecule has 10 heavy (non-hydrogen) atoms. The molecule has 0 aliphatic carbocycles. The Bertz CT molecular complexity index is 162. The van der Waals surface area contributed by atoms with Crippen molar-refractivity contribution in [3.63, 3.8) is 0 Å². The topological polar surface area (TPSA) is 23.1 Å². The second-order valence-electron chi connectivity index (χ2n) is 1.94. The van der Waals surface area contributed by atoms with Crippen LogP contribution in [0.5, 0.6) is 0 Å². The maximum atomic E-state index is 10.1. The van der Waals surface area contributed by atoms with Gasteiger partial charge in [-0.2, -0.15) is 0 Å². The molecule has 48 valence electrons. The van der Waals surface area contributed by atoms with Crippen molar-refractivity contribution in [2.75, 3.05) is 6.61 Å². The number of rotatable bonds is 2. The van der Waals surface area contributed by atoms with E-state index in [1.54, 1.807) is 0 Å². The van der Waals surface area contributed by atoms with Crippen LogP contribution >= 0.6 is 0 Å². The molecule has 0 aliphatic heterocycles. The standard InChI is InChI=1S/C8H9O.Li/c9-7-6-8-4-2-1-3-5-8;/h1-5H,6-7H2;/q-1;+1. The minimum Gasteiger partial charge on any atom is -0.854 e. The molecule has 0 saturated carbocycles. The van der Waals surface area contributed by atoms with Crippen LogP contribution < -0.4 is 24.0 Å². The van der Waals surface area contributed by atoms with E-state index in [2.05, 4.69) is 0 Å². The molecule has 1 nitrogen and oxygen atoms in total. The minimum atomic E-state index is -0.00991. The van der Waals surface area contributed by atoms with Gasteiger partial charge in [-0.15, -0.1) is 6.61 Å². The van der Waals surface area contributed by atoms with Crippen molar-refractivity contribution in [1.82, 2.24) is 0 Å². The molecular formula is C8H9LiO. The fourth-order valence-corrected chi connectivity index (χ4v) is 0.763. The molecule has 0 N–H and O–H groups in total. The summed E-state index contributed by atoms with van der Waals surface area (Å²) >= 11 is 0. The van der Waals surface area contributed by atoms with Gasteiger partial charge in [0.1, 0.15) is 0 Å². The van der Waals surface area contributed by atoms with Crippen LogP contribution in [0.3, 0.4) is 0 Å². The summed E-state index contributed by atoms with van der Waals surface area (Å²) in [5.41, 5.74) is 1.13. The second-order valence-corrected chi connectivity index (χ2v) is 1.94. The Morgan fingerprint density at radius 3 is 2.20 bits per heavy atom. The van der Waals surface area contributed by atoms with Crippen LogP contribution in [0.25, 0.3) is 0 Å². The third-order valence-corrected chi connectivity index (χ3v) is 1.23. The van der Waals surface area contributed by atoms with E-state index in [4.69, 9.17) is 0 Å². The van der Waals surface area contributed by atoms with Crippen LogP contribution in [-0.4, -0.2) is 6.61 Å². The SMILES string of the molecule is [Li+].[O-]CCc1ccccc1. The van der Waals surface area contributed by atoms with Crippen LogP contribution in [-0.2, 0) is 6.42 Å². The Labute approximate surface area is 73.3 Å². The van der Waals surface area contributed by atoms with Gasteiger partial charge in [-0.25, -0.2) is 0 Å². The van der Waals surface area contributed by atoms with Crippen LogP contribution in [0.4, 0.5) is 0 Å². The molecule has 1 aromatic rings. The molecule has 0 spiro atoms. The van der Waals surface area contributed by atoms with Crippen molar-refractivity contribution in [2.45, 2.75) is 6.42 Å². The van der Waals surface area contributed by atoms with Crippen molar-refractivity contribution in [2.24, 2.45) is 0 Å². The largest absolute Gasteiger partial charge is 1.00 e. The van der Waals surface area contributed by atoms with Gasteiger partial charge in [-0.1, -0.05) is 30.3 Å². The summed E-state index contributed by atoms with van der Waals surface area (Å²) in [7, 11) is 0. The normalized spacial score (nSPS) is 8.50. The third kappa shape index (κ3) is 3.08. The van der Waals surface area contributed by atoms with Gasteiger partial charge in [0.15, 0.2) is 0 Å². The first-order valence-corrected chi connectivity index (χ1v) is 3.05. The molecule has 1 rings (SSSR count). The quantitative estimate of drug-likeness (QED) is 0.407. The molecule has 0 aromatic heterocycles. The smallest absolute Gasteiger partial charge is 0.854 e. The molecule has 0 heterocycles. The molecular weight excluding hydrogens is 119 g/mol. The average Bonchev–Trinajstić information content (AvgIpc) is 1.91. The molecule has 0 radical (unpaired) electrons. The van der Waals surface area contributed by atoms with Gasteiger partial charge in [-0.05, 0) is 12.0 Å². The monoisotopic (exact) mass is 128 g/mol. The first-order chi connectivity index (χ1) is 4.43. The van der Waals surface area contributed by atoms with Crippen molar-refractivity contribution in [3.8, 4) is 0 Å². The molecule has 0 atom stereocenters. The van der Waals surface area contributed by atoms with E-state index in [9.17, 15) is 5.11 Å². The molecule has 0 fully saturated rings. The molecule has 2 heteroatoms. The van der Waals surface area contributed by atoms with Crippen LogP contribution in [0.2, 0.25) is 0 Å². The van der Waals surface area contributed by atoms with Crippen molar-refractivity contribution in [1.29, 1.82) is 0 Å². The summed E-state index contributed by atoms with van der Waals surface area (Å²) in [6.07, 6.45) is 0.654. The van der Waals surface area contributed by atoms with E-state index in [0.717, 1.165) is 5.56 Å². The van der Waals surface area contributed by atoms with Crippen LogP contribution in [0.1, 0.15) is 5.56 Å². The maximum absolute atomic E-state index is 10.1. The van der Waals surface area contributed by atoms with Gasteiger partial charge in [-0.3, -0.25) is 0 Å². The van der Waals surface area contributed by atoms with Crippen LogP contribution in [0.15, 0.2) is 30.3 Å². The molecule has 0 bridgehead atoms. The zero-order valence-electron chi connectivity index (χ0n) is 6.21. The van der Waals surface area contributed by atoms with E-state index in [1.165, 1.54) is 0 Å². The molecule has 1 aromatic carbocycles. The molecule has 0 unspecified atom stereocenters. The summed E-state index contributed by atoms with van der Waals surface area (Å²) in [6, 6.07) is 9.79. The number of hydrogen-bond acceptors (Lipinski definition) is 1. The first kappa shape index (κ1) is 9.78. The minimum absolute atomic E-state index is 0. The van der Waals surface area contributed by atoms with Crippen LogP contribution in [0, 0.1) is 0 Å². The van der Waals surface area contributed by atoms with E-state index >= 15 is 0 Å². The second kappa shape index (κ2) is 5.55. The summed E-state index contributed by atoms with van der Waals surface area (Å²) in [6.45, 7) is -0.00991. The number of hydrogen-bond donors (Lipinski definition) is 0. The Morgan fingerprint density at radius 2 is 1.70 bits per heavy atom. The van der Waals surface area contributed by atoms with Gasteiger partial charge in [0.05, 0.1) is 0 Å². The Morgan fingerprint density at radius 1 is 1.10 bits per heavy atom. The summed E-state index contributed by atoms with van der Waals surface area (Å²) in [4.78, 5) is 0. The summed E-state index contributed by atoms with van der Waals surface area (Å²) in [5.74, 6) is 0. The van der Waals surface area contributed by atoms with Crippen molar-refractivity contribution in [3.05, 3.63) is 35.9 Å². The maximum Gasteiger partial charge on any atom is 1.00 e. The predicted octanol–water partition coefficient (Wildman–Crippen LogP) is -2.41. The summed E-state index contributed by atoms with van der Waals surface area (Å²) < 4.78 is 0. The Hall–Kier alpha value is -0.223. The zero-order valence-corrected chi connectivity index (χ0v) is 6.21. The van der Waals surface area contributed by atoms with Gasteiger partial charge >= 0.3 is 18.9 Å². The van der Waals surface area contributed by atoms with Gasteiger partial charge in [0.25, 0.3) is 0 Å². The van der Waals surface area contributed by atoms with Crippen molar-refractivity contribution >= 4 is 0 Å². The average molecular weight is 128 g/mol.